The quantitative estimate of drug-likeness (QED) is 0.619. The molecule has 0 spiro atoms. The van der Waals surface area contributed by atoms with Crippen LogP contribution in [0.1, 0.15) is 33.5 Å². The third kappa shape index (κ3) is 2.71. The summed E-state index contributed by atoms with van der Waals surface area (Å²) in [7, 11) is 1.06. The summed E-state index contributed by atoms with van der Waals surface area (Å²) in [5, 5.41) is 8.84. The van der Waals surface area contributed by atoms with Gasteiger partial charge in [0, 0.05) is 11.4 Å². The Balaban J connectivity index is 3.53. The lowest BCUT2D eigenvalue weighted by molar-refractivity contribution is 0.0589. The third-order valence-corrected chi connectivity index (χ3v) is 2.44. The van der Waals surface area contributed by atoms with Crippen molar-refractivity contribution in [2.75, 3.05) is 7.11 Å². The Bertz CT molecular complexity index is 483. The molecule has 0 aliphatic heterocycles. The van der Waals surface area contributed by atoms with Crippen molar-refractivity contribution in [2.45, 2.75) is 12.3 Å². The van der Waals surface area contributed by atoms with Gasteiger partial charge in [-0.15, -0.1) is 11.6 Å². The highest BCUT2D eigenvalue weighted by atomic mass is 35.5. The number of nitrogens with zero attached hydrogens (tertiary/aromatic N) is 1. The predicted octanol–water partition coefficient (Wildman–Crippen LogP) is 3.02. The molecule has 0 atom stereocenters. The Morgan fingerprint density at radius 1 is 1.59 bits per heavy atom. The van der Waals surface area contributed by atoms with Crippen LogP contribution in [-0.4, -0.2) is 13.1 Å². The van der Waals surface area contributed by atoms with E-state index in [0.717, 1.165) is 13.2 Å². The molecule has 0 amide bonds. The van der Waals surface area contributed by atoms with E-state index in [1.54, 1.807) is 6.07 Å². The van der Waals surface area contributed by atoms with E-state index in [9.17, 15) is 13.6 Å². The van der Waals surface area contributed by atoms with E-state index in [1.807, 2.05) is 0 Å². The first kappa shape index (κ1) is 13.4. The van der Waals surface area contributed by atoms with Crippen molar-refractivity contribution in [1.82, 2.24) is 0 Å². The summed E-state index contributed by atoms with van der Waals surface area (Å²) in [6.07, 6.45) is -2.88. The summed E-state index contributed by atoms with van der Waals surface area (Å²) in [4.78, 5) is 11.4. The topological polar surface area (TPSA) is 50.1 Å². The van der Waals surface area contributed by atoms with Gasteiger partial charge in [0.1, 0.15) is 6.07 Å². The average molecular weight is 260 g/mol. The second kappa shape index (κ2) is 5.60. The molecule has 1 aromatic rings. The van der Waals surface area contributed by atoms with Gasteiger partial charge in [-0.25, -0.2) is 13.6 Å². The molecule has 1 aromatic carbocycles. The van der Waals surface area contributed by atoms with Gasteiger partial charge in [-0.2, -0.15) is 5.26 Å². The molecule has 0 heterocycles. The molecule has 0 saturated heterocycles. The Morgan fingerprint density at radius 2 is 2.24 bits per heavy atom. The zero-order valence-electron chi connectivity index (χ0n) is 8.84. The molecule has 0 N–H and O–H groups in total. The molecular formula is C11H8ClF2NO2. The number of halogens is 3. The molecule has 0 aliphatic carbocycles. The maximum Gasteiger partial charge on any atom is 0.339 e. The number of esters is 1. The van der Waals surface area contributed by atoms with Crippen molar-refractivity contribution in [2.24, 2.45) is 0 Å². The minimum absolute atomic E-state index is 0.0180. The molecule has 0 fully saturated rings. The lowest BCUT2D eigenvalue weighted by Gasteiger charge is -2.10. The van der Waals surface area contributed by atoms with Crippen LogP contribution in [0.5, 0.6) is 0 Å². The summed E-state index contributed by atoms with van der Waals surface area (Å²) < 4.78 is 30.0. The summed E-state index contributed by atoms with van der Waals surface area (Å²) in [6.45, 7) is 0. The Labute approximate surface area is 102 Å². The highest BCUT2D eigenvalue weighted by molar-refractivity contribution is 6.17. The van der Waals surface area contributed by atoms with Crippen LogP contribution in [0.25, 0.3) is 0 Å². The van der Waals surface area contributed by atoms with Gasteiger partial charge in [0.15, 0.2) is 0 Å². The van der Waals surface area contributed by atoms with E-state index >= 15 is 0 Å². The number of carbonyl (C=O) groups is 1. The number of hydrogen-bond acceptors (Lipinski definition) is 3. The van der Waals surface area contributed by atoms with E-state index < -0.39 is 23.5 Å². The van der Waals surface area contributed by atoms with Gasteiger partial charge in [0.05, 0.1) is 18.2 Å². The molecule has 0 radical (unpaired) electrons. The molecule has 0 saturated carbocycles. The fourth-order valence-corrected chi connectivity index (χ4v) is 1.55. The number of rotatable bonds is 3. The van der Waals surface area contributed by atoms with Crippen LogP contribution in [0.15, 0.2) is 12.1 Å². The smallest absolute Gasteiger partial charge is 0.339 e. The van der Waals surface area contributed by atoms with Crippen molar-refractivity contribution >= 4 is 17.6 Å². The van der Waals surface area contributed by atoms with Gasteiger partial charge in [0.2, 0.25) is 0 Å². The minimum Gasteiger partial charge on any atom is -0.465 e. The Morgan fingerprint density at radius 3 is 2.65 bits per heavy atom. The number of methoxy groups -OCH3 is 1. The molecule has 1 rings (SSSR count). The highest BCUT2D eigenvalue weighted by Gasteiger charge is 2.23. The van der Waals surface area contributed by atoms with E-state index in [2.05, 4.69) is 4.74 Å². The van der Waals surface area contributed by atoms with Crippen LogP contribution < -0.4 is 0 Å². The van der Waals surface area contributed by atoms with Crippen molar-refractivity contribution in [3.05, 3.63) is 34.4 Å². The van der Waals surface area contributed by atoms with Crippen molar-refractivity contribution in [3.8, 4) is 6.07 Å². The monoisotopic (exact) mass is 259 g/mol. The Hall–Kier alpha value is -1.67. The van der Waals surface area contributed by atoms with Gasteiger partial charge < -0.3 is 4.74 Å². The van der Waals surface area contributed by atoms with Gasteiger partial charge in [-0.1, -0.05) is 0 Å². The van der Waals surface area contributed by atoms with Crippen LogP contribution in [0, 0.1) is 11.3 Å². The molecule has 0 unspecified atom stereocenters. The van der Waals surface area contributed by atoms with Gasteiger partial charge in [0.25, 0.3) is 6.43 Å². The first-order valence-corrected chi connectivity index (χ1v) is 5.08. The largest absolute Gasteiger partial charge is 0.465 e. The zero-order valence-corrected chi connectivity index (χ0v) is 9.59. The van der Waals surface area contributed by atoms with E-state index in [0.29, 0.717) is 5.56 Å². The number of hydrogen-bond donors (Lipinski definition) is 0. The molecule has 0 bridgehead atoms. The normalized spacial score (nSPS) is 10.1. The standard InChI is InChI=1S/C11H8ClF2NO2/c1-17-11(16)9-7(5-15)2-6(4-12)3-8(9)10(13)14/h2-3,10H,4H2,1H3. The Kier molecular flexibility index (Phi) is 4.41. The lowest BCUT2D eigenvalue weighted by Crippen LogP contribution is -2.10. The zero-order chi connectivity index (χ0) is 13.0. The van der Waals surface area contributed by atoms with E-state index in [4.69, 9.17) is 16.9 Å². The van der Waals surface area contributed by atoms with Gasteiger partial charge in [-0.3, -0.25) is 0 Å². The molecule has 17 heavy (non-hydrogen) atoms. The fraction of sp³-hybridized carbons (Fsp3) is 0.273. The second-order valence-electron chi connectivity index (χ2n) is 3.15. The maximum absolute atomic E-state index is 12.8. The molecule has 0 aromatic heterocycles. The number of nitriles is 1. The second-order valence-corrected chi connectivity index (χ2v) is 3.41. The van der Waals surface area contributed by atoms with Crippen LogP contribution >= 0.6 is 11.6 Å². The first-order valence-electron chi connectivity index (χ1n) is 4.54. The number of carbonyl (C=O) groups excluding carboxylic acids is 1. The van der Waals surface area contributed by atoms with Crippen molar-refractivity contribution in [1.29, 1.82) is 5.26 Å². The van der Waals surface area contributed by atoms with Crippen molar-refractivity contribution in [3.63, 3.8) is 0 Å². The van der Waals surface area contributed by atoms with Crippen LogP contribution in [-0.2, 0) is 10.6 Å². The van der Waals surface area contributed by atoms with Crippen LogP contribution in [0.2, 0.25) is 0 Å². The van der Waals surface area contributed by atoms with E-state index in [1.165, 1.54) is 6.07 Å². The number of ether oxygens (including phenoxy) is 1. The predicted molar refractivity (Wildman–Crippen MR) is 57.0 cm³/mol. The lowest BCUT2D eigenvalue weighted by atomic mass is 9.99. The molecule has 6 heteroatoms. The van der Waals surface area contributed by atoms with Gasteiger partial charge >= 0.3 is 5.97 Å². The van der Waals surface area contributed by atoms with Crippen LogP contribution in [0.3, 0.4) is 0 Å². The SMILES string of the molecule is COC(=O)c1c(C#N)cc(CCl)cc1C(F)F. The average Bonchev–Trinajstić information content (AvgIpc) is 2.35. The molecular weight excluding hydrogens is 252 g/mol. The summed E-state index contributed by atoms with van der Waals surface area (Å²) in [6, 6.07) is 4.09. The fourth-order valence-electron chi connectivity index (χ4n) is 1.39. The summed E-state index contributed by atoms with van der Waals surface area (Å²) in [5.41, 5.74) is -0.748. The summed E-state index contributed by atoms with van der Waals surface area (Å²) in [5.74, 6) is -0.978. The number of benzene rings is 1. The van der Waals surface area contributed by atoms with Gasteiger partial charge in [-0.05, 0) is 17.7 Å². The minimum atomic E-state index is -2.88. The highest BCUT2D eigenvalue weighted by Crippen LogP contribution is 2.28. The maximum atomic E-state index is 12.8. The molecule has 0 aliphatic rings. The van der Waals surface area contributed by atoms with Crippen molar-refractivity contribution < 1.29 is 18.3 Å². The third-order valence-electron chi connectivity index (χ3n) is 2.13. The van der Waals surface area contributed by atoms with E-state index in [-0.39, 0.29) is 11.4 Å². The molecule has 90 valence electrons. The number of alkyl halides is 3. The molecule has 3 nitrogen and oxygen atoms in total. The summed E-state index contributed by atoms with van der Waals surface area (Å²) >= 11 is 5.53. The first-order chi connectivity index (χ1) is 8.04. The van der Waals surface area contributed by atoms with Crippen LogP contribution in [0.4, 0.5) is 8.78 Å².